The average molecular weight is 364 g/mol. The summed E-state index contributed by atoms with van der Waals surface area (Å²) in [5.41, 5.74) is 1.13. The predicted molar refractivity (Wildman–Crippen MR) is 88.8 cm³/mol. The highest BCUT2D eigenvalue weighted by Gasteiger charge is 2.12. The minimum Gasteiger partial charge on any atom is -0.463 e. The molecule has 0 radical (unpaired) electrons. The fourth-order valence-corrected chi connectivity index (χ4v) is 2.38. The number of hydrogen-bond acceptors (Lipinski definition) is 7. The van der Waals surface area contributed by atoms with E-state index >= 15 is 0 Å². The lowest BCUT2D eigenvalue weighted by Crippen LogP contribution is -2.15. The van der Waals surface area contributed by atoms with Gasteiger partial charge in [-0.2, -0.15) is 0 Å². The smallest absolute Gasteiger partial charge is 0.344 e. The summed E-state index contributed by atoms with van der Waals surface area (Å²) in [6, 6.07) is 6.16. The summed E-state index contributed by atoms with van der Waals surface area (Å²) in [5.74, 6) is 0.154. The van der Waals surface area contributed by atoms with Gasteiger partial charge in [0.15, 0.2) is 6.61 Å². The molecule has 8 heteroatoms. The Morgan fingerprint density at radius 3 is 2.76 bits per heavy atom. The van der Waals surface area contributed by atoms with Gasteiger partial charge in [-0.25, -0.2) is 9.59 Å². The van der Waals surface area contributed by atoms with E-state index < -0.39 is 11.6 Å². The van der Waals surface area contributed by atoms with E-state index in [4.69, 9.17) is 30.0 Å². The lowest BCUT2D eigenvalue weighted by Gasteiger charge is -2.08. The average Bonchev–Trinajstić information content (AvgIpc) is 2.98. The summed E-state index contributed by atoms with van der Waals surface area (Å²) in [6.45, 7) is 3.07. The number of rotatable bonds is 5. The minimum atomic E-state index is -0.611. The Morgan fingerprint density at radius 2 is 2.04 bits per heavy atom. The third kappa shape index (κ3) is 4.00. The number of nitrogens with zero attached hydrogens (tertiary/aromatic N) is 1. The molecule has 0 aliphatic carbocycles. The van der Waals surface area contributed by atoms with Crippen molar-refractivity contribution < 1.29 is 23.2 Å². The number of aromatic nitrogens is 1. The van der Waals surface area contributed by atoms with Gasteiger partial charge in [0, 0.05) is 28.1 Å². The highest BCUT2D eigenvalue weighted by Crippen LogP contribution is 2.25. The molecule has 0 fully saturated rings. The van der Waals surface area contributed by atoms with Gasteiger partial charge in [0.2, 0.25) is 0 Å². The van der Waals surface area contributed by atoms with Gasteiger partial charge in [-0.05, 0) is 36.7 Å². The molecule has 130 valence electrons. The van der Waals surface area contributed by atoms with Gasteiger partial charge in [-0.1, -0.05) is 11.6 Å². The number of carbonyl (C=O) groups excluding carboxylic acids is 1. The van der Waals surface area contributed by atoms with Crippen molar-refractivity contribution in [2.75, 3.05) is 6.61 Å². The monoisotopic (exact) mass is 363 g/mol. The van der Waals surface area contributed by atoms with Crippen molar-refractivity contribution in [2.45, 2.75) is 20.5 Å². The zero-order valence-electron chi connectivity index (χ0n) is 13.5. The van der Waals surface area contributed by atoms with Crippen molar-refractivity contribution in [3.05, 3.63) is 56.6 Å². The molecule has 0 bridgehead atoms. The summed E-state index contributed by atoms with van der Waals surface area (Å²) < 4.78 is 20.3. The lowest BCUT2D eigenvalue weighted by atomic mass is 10.1. The van der Waals surface area contributed by atoms with E-state index in [-0.39, 0.29) is 19.1 Å². The fraction of sp³-hybridized carbons (Fsp3) is 0.235. The molecular weight excluding hydrogens is 350 g/mol. The van der Waals surface area contributed by atoms with Crippen LogP contribution in [0.1, 0.15) is 16.9 Å². The van der Waals surface area contributed by atoms with Crippen LogP contribution in [0.5, 0.6) is 5.88 Å². The second-order valence-electron chi connectivity index (χ2n) is 5.41. The Kier molecular flexibility index (Phi) is 4.76. The molecule has 3 aromatic rings. The normalized spacial score (nSPS) is 10.8. The molecule has 0 N–H and O–H groups in total. The first-order chi connectivity index (χ1) is 11.9. The van der Waals surface area contributed by atoms with Crippen LogP contribution in [0, 0.1) is 13.8 Å². The van der Waals surface area contributed by atoms with E-state index in [0.29, 0.717) is 27.3 Å². The number of esters is 1. The van der Waals surface area contributed by atoms with Gasteiger partial charge in [-0.3, -0.25) is 0 Å². The minimum absolute atomic E-state index is 0.110. The maximum atomic E-state index is 11.8. The summed E-state index contributed by atoms with van der Waals surface area (Å²) >= 11 is 6.12. The quantitative estimate of drug-likeness (QED) is 0.507. The van der Waals surface area contributed by atoms with E-state index in [0.717, 1.165) is 5.56 Å². The first-order valence-electron chi connectivity index (χ1n) is 7.37. The van der Waals surface area contributed by atoms with E-state index in [1.54, 1.807) is 32.0 Å². The van der Waals surface area contributed by atoms with Crippen molar-refractivity contribution in [2.24, 2.45) is 0 Å². The highest BCUT2D eigenvalue weighted by atomic mass is 35.5. The Morgan fingerprint density at radius 1 is 1.24 bits per heavy atom. The standard InChI is InChI=1S/C17H14ClNO6/c1-9-3-14-12(6-13(9)18)11(5-16(20)24-14)7-23-17(21)8-22-15-4-10(2)25-19-15/h3-6H,7-8H2,1-2H3. The zero-order valence-corrected chi connectivity index (χ0v) is 14.3. The second kappa shape index (κ2) is 6.98. The molecule has 2 heterocycles. The number of ether oxygens (including phenoxy) is 2. The lowest BCUT2D eigenvalue weighted by molar-refractivity contribution is -0.147. The molecule has 0 aliphatic rings. The topological polar surface area (TPSA) is 91.8 Å². The van der Waals surface area contributed by atoms with Crippen LogP contribution in [0.4, 0.5) is 0 Å². The Labute approximate surface area is 147 Å². The Hall–Kier alpha value is -2.80. The molecule has 0 unspecified atom stereocenters. The Bertz CT molecular complexity index is 990. The number of hydrogen-bond donors (Lipinski definition) is 0. The number of halogens is 1. The van der Waals surface area contributed by atoms with Crippen molar-refractivity contribution in [1.82, 2.24) is 5.16 Å². The third-order valence-electron chi connectivity index (χ3n) is 3.44. The van der Waals surface area contributed by atoms with Crippen LogP contribution in [0.2, 0.25) is 5.02 Å². The van der Waals surface area contributed by atoms with Gasteiger partial charge in [0.25, 0.3) is 5.88 Å². The van der Waals surface area contributed by atoms with Crippen molar-refractivity contribution >= 4 is 28.5 Å². The Balaban J connectivity index is 1.71. The molecule has 2 aromatic heterocycles. The van der Waals surface area contributed by atoms with Crippen molar-refractivity contribution in [1.29, 1.82) is 0 Å². The molecule has 1 aromatic carbocycles. The molecule has 0 amide bonds. The summed E-state index contributed by atoms with van der Waals surface area (Å²) in [4.78, 5) is 23.5. The largest absolute Gasteiger partial charge is 0.463 e. The molecule has 0 saturated heterocycles. The number of benzene rings is 1. The van der Waals surface area contributed by atoms with E-state index in [1.165, 1.54) is 6.07 Å². The number of carbonyl (C=O) groups is 1. The van der Waals surface area contributed by atoms with Gasteiger partial charge < -0.3 is 18.4 Å². The first kappa shape index (κ1) is 17.0. The first-order valence-corrected chi connectivity index (χ1v) is 7.75. The van der Waals surface area contributed by atoms with Crippen molar-refractivity contribution in [3.63, 3.8) is 0 Å². The van der Waals surface area contributed by atoms with E-state index in [2.05, 4.69) is 5.16 Å². The fourth-order valence-electron chi connectivity index (χ4n) is 2.21. The molecule has 0 spiro atoms. The maximum Gasteiger partial charge on any atom is 0.344 e. The van der Waals surface area contributed by atoms with Crippen LogP contribution < -0.4 is 10.4 Å². The molecule has 0 aliphatic heterocycles. The second-order valence-corrected chi connectivity index (χ2v) is 5.82. The van der Waals surface area contributed by atoms with E-state index in [1.807, 2.05) is 0 Å². The van der Waals surface area contributed by atoms with Gasteiger partial charge in [0.05, 0.1) is 0 Å². The SMILES string of the molecule is Cc1cc(OCC(=O)OCc2cc(=O)oc3cc(C)c(Cl)cc23)no1. The molecule has 0 saturated carbocycles. The van der Waals surface area contributed by atoms with E-state index in [9.17, 15) is 9.59 Å². The summed E-state index contributed by atoms with van der Waals surface area (Å²) in [5, 5.41) is 4.74. The van der Waals surface area contributed by atoms with Gasteiger partial charge >= 0.3 is 11.6 Å². The van der Waals surface area contributed by atoms with Crippen LogP contribution in [0.25, 0.3) is 11.0 Å². The third-order valence-corrected chi connectivity index (χ3v) is 3.85. The van der Waals surface area contributed by atoms with Crippen LogP contribution in [0.3, 0.4) is 0 Å². The molecule has 7 nitrogen and oxygen atoms in total. The van der Waals surface area contributed by atoms with Crippen LogP contribution in [-0.2, 0) is 16.1 Å². The van der Waals surface area contributed by atoms with Crippen LogP contribution in [0.15, 0.2) is 38.0 Å². The van der Waals surface area contributed by atoms with Crippen molar-refractivity contribution in [3.8, 4) is 5.88 Å². The molecular formula is C17H14ClNO6. The van der Waals surface area contributed by atoms with Gasteiger partial charge in [0.1, 0.15) is 18.0 Å². The van der Waals surface area contributed by atoms with Gasteiger partial charge in [-0.15, -0.1) is 0 Å². The summed E-state index contributed by atoms with van der Waals surface area (Å²) in [7, 11) is 0. The molecule has 0 atom stereocenters. The summed E-state index contributed by atoms with van der Waals surface area (Å²) in [6.07, 6.45) is 0. The number of aryl methyl sites for hydroxylation is 2. The van der Waals surface area contributed by atoms with Crippen LogP contribution in [-0.4, -0.2) is 17.7 Å². The highest BCUT2D eigenvalue weighted by molar-refractivity contribution is 6.32. The predicted octanol–water partition coefficient (Wildman–Crippen LogP) is 3.17. The van der Waals surface area contributed by atoms with Crippen LogP contribution >= 0.6 is 11.6 Å². The molecule has 3 rings (SSSR count). The maximum absolute atomic E-state index is 11.8. The zero-order chi connectivity index (χ0) is 18.0. The molecule has 25 heavy (non-hydrogen) atoms. The number of fused-ring (bicyclic) bond motifs is 1.